The minimum Gasteiger partial charge on any atom is -0.497 e. The van der Waals surface area contributed by atoms with Gasteiger partial charge in [-0.2, -0.15) is 0 Å². The molecule has 29 heavy (non-hydrogen) atoms. The number of rotatable bonds is 8. The van der Waals surface area contributed by atoms with Crippen molar-refractivity contribution in [2.45, 2.75) is 6.42 Å². The van der Waals surface area contributed by atoms with Crippen molar-refractivity contribution in [1.82, 2.24) is 9.97 Å². The van der Waals surface area contributed by atoms with E-state index in [-0.39, 0.29) is 0 Å². The molecule has 2 aromatic heterocycles. The smallest absolute Gasteiger partial charge is 0.123 e. The molecule has 148 valence electrons. The molecule has 0 aliphatic rings. The predicted molar refractivity (Wildman–Crippen MR) is 118 cm³/mol. The molecular weight excluding hydrogens is 364 g/mol. The molecule has 0 aliphatic carbocycles. The van der Waals surface area contributed by atoms with Crippen molar-refractivity contribution in [2.24, 2.45) is 0 Å². The molecule has 0 unspecified atom stereocenters. The number of hydrogen-bond acceptors (Lipinski definition) is 6. The molecule has 0 fully saturated rings. The second-order valence-electron chi connectivity index (χ2n) is 6.70. The highest BCUT2D eigenvalue weighted by molar-refractivity contribution is 5.93. The maximum atomic E-state index is 5.41. The van der Waals surface area contributed by atoms with Gasteiger partial charge in [0, 0.05) is 60.1 Å². The van der Waals surface area contributed by atoms with Crippen LogP contribution in [0.1, 0.15) is 6.42 Å². The van der Waals surface area contributed by atoms with Crippen LogP contribution in [0.25, 0.3) is 21.8 Å². The average Bonchev–Trinajstić information content (AvgIpc) is 2.78. The van der Waals surface area contributed by atoms with Crippen LogP contribution < -0.4 is 20.1 Å². The molecule has 4 rings (SSSR count). The number of aromatic nitrogens is 2. The summed E-state index contributed by atoms with van der Waals surface area (Å²) in [5.74, 6) is 1.62. The molecule has 0 spiro atoms. The summed E-state index contributed by atoms with van der Waals surface area (Å²) in [4.78, 5) is 8.93. The number of hydrogen-bond donors (Lipinski definition) is 2. The Kier molecular flexibility index (Phi) is 5.61. The van der Waals surface area contributed by atoms with Crippen LogP contribution in [0.4, 0.5) is 11.4 Å². The SMILES string of the molecule is COc1cc(NCCCNc2cc(OC)cc3ncccc23)c2ncccc2c1. The minimum absolute atomic E-state index is 0.797. The first kappa shape index (κ1) is 18.8. The first-order valence-corrected chi connectivity index (χ1v) is 9.62. The van der Waals surface area contributed by atoms with Crippen LogP contribution in [0.3, 0.4) is 0 Å². The van der Waals surface area contributed by atoms with Gasteiger partial charge in [0.1, 0.15) is 11.5 Å². The van der Waals surface area contributed by atoms with Crippen molar-refractivity contribution in [3.8, 4) is 11.5 Å². The van der Waals surface area contributed by atoms with Crippen molar-refractivity contribution < 1.29 is 9.47 Å². The summed E-state index contributed by atoms with van der Waals surface area (Å²) in [7, 11) is 3.35. The van der Waals surface area contributed by atoms with Gasteiger partial charge in [-0.1, -0.05) is 6.07 Å². The Morgan fingerprint density at radius 1 is 0.793 bits per heavy atom. The summed E-state index contributed by atoms with van der Waals surface area (Å²) in [6, 6.07) is 15.9. The average molecular weight is 388 g/mol. The van der Waals surface area contributed by atoms with Crippen molar-refractivity contribution >= 4 is 33.2 Å². The van der Waals surface area contributed by atoms with Crippen LogP contribution in [-0.2, 0) is 0 Å². The zero-order valence-electron chi connectivity index (χ0n) is 16.6. The molecule has 0 amide bonds. The first-order valence-electron chi connectivity index (χ1n) is 9.62. The first-order chi connectivity index (χ1) is 14.3. The molecule has 6 nitrogen and oxygen atoms in total. The van der Waals surface area contributed by atoms with E-state index in [1.54, 1.807) is 20.4 Å². The van der Waals surface area contributed by atoms with Gasteiger partial charge < -0.3 is 20.1 Å². The molecule has 2 N–H and O–H groups in total. The summed E-state index contributed by atoms with van der Waals surface area (Å²) in [6.45, 7) is 1.63. The van der Waals surface area contributed by atoms with Gasteiger partial charge in [-0.3, -0.25) is 9.97 Å². The molecule has 2 heterocycles. The van der Waals surface area contributed by atoms with E-state index < -0.39 is 0 Å². The van der Waals surface area contributed by atoms with Crippen molar-refractivity contribution in [3.63, 3.8) is 0 Å². The zero-order valence-corrected chi connectivity index (χ0v) is 16.6. The molecule has 0 saturated heterocycles. The molecule has 0 atom stereocenters. The van der Waals surface area contributed by atoms with Crippen LogP contribution in [-0.4, -0.2) is 37.3 Å². The van der Waals surface area contributed by atoms with Gasteiger partial charge in [0.05, 0.1) is 30.9 Å². The fourth-order valence-corrected chi connectivity index (χ4v) is 3.37. The number of nitrogens with one attached hydrogen (secondary N) is 2. The second kappa shape index (κ2) is 8.65. The van der Waals surface area contributed by atoms with E-state index in [1.165, 1.54) is 0 Å². The lowest BCUT2D eigenvalue weighted by atomic mass is 10.1. The van der Waals surface area contributed by atoms with Crippen LogP contribution in [0.5, 0.6) is 11.5 Å². The van der Waals surface area contributed by atoms with Crippen molar-refractivity contribution in [3.05, 3.63) is 60.9 Å². The predicted octanol–water partition coefficient (Wildman–Crippen LogP) is 4.71. The molecular formula is C23H24N4O2. The maximum absolute atomic E-state index is 5.41. The topological polar surface area (TPSA) is 68.3 Å². The standard InChI is InChI=1S/C23H24N4O2/c1-28-17-12-16-6-3-9-27-23(16)22(15-17)26-11-5-10-25-21-14-18(29-2)13-20-19(21)7-4-8-24-20/h3-4,6-9,12-15,25-26H,5,10-11H2,1-2H3. The monoisotopic (exact) mass is 388 g/mol. The van der Waals surface area contributed by atoms with Crippen LogP contribution in [0, 0.1) is 0 Å². The number of anilines is 2. The Labute approximate surface area is 169 Å². The third kappa shape index (κ3) is 4.16. The number of fused-ring (bicyclic) bond motifs is 2. The Morgan fingerprint density at radius 2 is 1.48 bits per heavy atom. The summed E-state index contributed by atoms with van der Waals surface area (Å²) in [5.41, 5.74) is 3.88. The molecule has 0 saturated carbocycles. The normalized spacial score (nSPS) is 10.8. The van der Waals surface area contributed by atoms with Crippen molar-refractivity contribution in [1.29, 1.82) is 0 Å². The molecule has 6 heteroatoms. The minimum atomic E-state index is 0.797. The van der Waals surface area contributed by atoms with E-state index in [2.05, 4.69) is 26.7 Å². The maximum Gasteiger partial charge on any atom is 0.123 e. The Bertz CT molecular complexity index is 1040. The van der Waals surface area contributed by atoms with E-state index in [4.69, 9.17) is 9.47 Å². The van der Waals surface area contributed by atoms with E-state index in [0.717, 1.165) is 64.2 Å². The number of nitrogens with zero attached hydrogens (tertiary/aromatic N) is 2. The van der Waals surface area contributed by atoms with E-state index in [1.807, 2.05) is 48.7 Å². The third-order valence-electron chi connectivity index (χ3n) is 4.83. The van der Waals surface area contributed by atoms with Gasteiger partial charge in [-0.25, -0.2) is 0 Å². The zero-order chi connectivity index (χ0) is 20.1. The van der Waals surface area contributed by atoms with E-state index in [0.29, 0.717) is 0 Å². The quantitative estimate of drug-likeness (QED) is 0.426. The number of ether oxygens (including phenoxy) is 2. The van der Waals surface area contributed by atoms with E-state index in [9.17, 15) is 0 Å². The second-order valence-corrected chi connectivity index (χ2v) is 6.70. The summed E-state index contributed by atoms with van der Waals surface area (Å²) >= 11 is 0. The number of pyridine rings is 2. The summed E-state index contributed by atoms with van der Waals surface area (Å²) < 4.78 is 10.8. The molecule has 0 bridgehead atoms. The largest absolute Gasteiger partial charge is 0.497 e. The highest BCUT2D eigenvalue weighted by Gasteiger charge is 2.07. The summed E-state index contributed by atoms with van der Waals surface area (Å²) in [6.07, 6.45) is 4.54. The van der Waals surface area contributed by atoms with Gasteiger partial charge >= 0.3 is 0 Å². The lowest BCUT2D eigenvalue weighted by molar-refractivity contribution is 0.415. The number of methoxy groups -OCH3 is 2. The van der Waals surface area contributed by atoms with Gasteiger partial charge in [0.2, 0.25) is 0 Å². The van der Waals surface area contributed by atoms with Crippen molar-refractivity contribution in [2.75, 3.05) is 37.9 Å². The highest BCUT2D eigenvalue weighted by atomic mass is 16.5. The van der Waals surface area contributed by atoms with Gasteiger partial charge in [-0.05, 0) is 30.7 Å². The third-order valence-corrected chi connectivity index (χ3v) is 4.83. The summed E-state index contributed by atoms with van der Waals surface area (Å²) in [5, 5.41) is 9.14. The highest BCUT2D eigenvalue weighted by Crippen LogP contribution is 2.29. The van der Waals surface area contributed by atoms with E-state index >= 15 is 0 Å². The van der Waals surface area contributed by atoms with Crippen LogP contribution in [0.2, 0.25) is 0 Å². The van der Waals surface area contributed by atoms with Gasteiger partial charge in [0.15, 0.2) is 0 Å². The van der Waals surface area contributed by atoms with Gasteiger partial charge in [0.25, 0.3) is 0 Å². The molecule has 0 aliphatic heterocycles. The Balaban J connectivity index is 1.41. The van der Waals surface area contributed by atoms with Crippen LogP contribution >= 0.6 is 0 Å². The lowest BCUT2D eigenvalue weighted by Crippen LogP contribution is -2.10. The van der Waals surface area contributed by atoms with Crippen LogP contribution in [0.15, 0.2) is 60.9 Å². The molecule has 2 aromatic carbocycles. The Morgan fingerprint density at radius 3 is 2.31 bits per heavy atom. The molecule has 4 aromatic rings. The number of benzene rings is 2. The molecule has 0 radical (unpaired) electrons. The fourth-order valence-electron chi connectivity index (χ4n) is 3.37. The Hall–Kier alpha value is -3.54. The lowest BCUT2D eigenvalue weighted by Gasteiger charge is -2.13. The fraction of sp³-hybridized carbons (Fsp3) is 0.217. The van der Waals surface area contributed by atoms with Gasteiger partial charge in [-0.15, -0.1) is 0 Å².